The highest BCUT2D eigenvalue weighted by Gasteiger charge is 2.51. The predicted octanol–water partition coefficient (Wildman–Crippen LogP) is 1.48. The van der Waals surface area contributed by atoms with Gasteiger partial charge in [-0.05, 0) is 25.8 Å². The molecule has 0 bridgehead atoms. The summed E-state index contributed by atoms with van der Waals surface area (Å²) in [5, 5.41) is 2.80. The summed E-state index contributed by atoms with van der Waals surface area (Å²) in [4.78, 5) is 40.9. The van der Waals surface area contributed by atoms with Crippen LogP contribution in [-0.2, 0) is 19.9 Å². The molecule has 26 heavy (non-hydrogen) atoms. The van der Waals surface area contributed by atoms with Gasteiger partial charge in [-0.1, -0.05) is 37.3 Å². The fraction of sp³-hybridized carbons (Fsp3) is 0.526. The highest BCUT2D eigenvalue weighted by atomic mass is 16.5. The van der Waals surface area contributed by atoms with Crippen molar-refractivity contribution in [3.8, 4) is 0 Å². The largest absolute Gasteiger partial charge is 0.372 e. The number of nitrogens with one attached hydrogen (secondary N) is 1. The van der Waals surface area contributed by atoms with Gasteiger partial charge in [0.05, 0.1) is 12.2 Å². The Balaban J connectivity index is 1.78. The number of ether oxygens (including phenoxy) is 1. The van der Waals surface area contributed by atoms with Crippen LogP contribution in [0.2, 0.25) is 0 Å². The summed E-state index contributed by atoms with van der Waals surface area (Å²) in [6.07, 6.45) is 0.285. The molecule has 3 unspecified atom stereocenters. The van der Waals surface area contributed by atoms with Crippen molar-refractivity contribution in [3.05, 3.63) is 35.9 Å². The van der Waals surface area contributed by atoms with Crippen LogP contribution in [0.5, 0.6) is 0 Å². The number of morpholine rings is 1. The number of nitrogens with zero attached hydrogens (tertiary/aromatic N) is 2. The Hall–Kier alpha value is -2.41. The van der Waals surface area contributed by atoms with Gasteiger partial charge >= 0.3 is 6.03 Å². The fourth-order valence-corrected chi connectivity index (χ4v) is 3.75. The van der Waals surface area contributed by atoms with Gasteiger partial charge in [0.2, 0.25) is 5.91 Å². The zero-order valence-corrected chi connectivity index (χ0v) is 15.4. The maximum absolute atomic E-state index is 13.1. The third kappa shape index (κ3) is 3.19. The lowest BCUT2D eigenvalue weighted by atomic mass is 9.87. The number of carbonyl (C=O) groups is 3. The van der Waals surface area contributed by atoms with Crippen LogP contribution in [0.3, 0.4) is 0 Å². The number of carbonyl (C=O) groups excluding carboxylic acids is 3. The monoisotopic (exact) mass is 359 g/mol. The predicted molar refractivity (Wildman–Crippen MR) is 95.2 cm³/mol. The Morgan fingerprint density at radius 1 is 1.19 bits per heavy atom. The van der Waals surface area contributed by atoms with E-state index in [0.717, 1.165) is 10.5 Å². The Morgan fingerprint density at radius 3 is 2.38 bits per heavy atom. The number of hydrogen-bond acceptors (Lipinski definition) is 4. The van der Waals surface area contributed by atoms with E-state index >= 15 is 0 Å². The number of amides is 4. The standard InChI is InChI=1S/C19H25N3O4/c1-4-19(15-8-6-5-7-9-15)17(24)22(18(25)20-19)12-16(23)21-10-13(2)26-14(3)11-21/h5-9,13-14H,4,10-12H2,1-3H3,(H,20,25). The third-order valence-corrected chi connectivity index (χ3v) is 5.04. The van der Waals surface area contributed by atoms with E-state index in [2.05, 4.69) is 5.32 Å². The first-order chi connectivity index (χ1) is 12.4. The van der Waals surface area contributed by atoms with Crippen LogP contribution in [0.4, 0.5) is 4.79 Å². The molecular weight excluding hydrogens is 334 g/mol. The van der Waals surface area contributed by atoms with E-state index in [4.69, 9.17) is 4.74 Å². The molecule has 7 heteroatoms. The van der Waals surface area contributed by atoms with Gasteiger partial charge in [-0.3, -0.25) is 14.5 Å². The summed E-state index contributed by atoms with van der Waals surface area (Å²) in [5.41, 5.74) is -0.381. The Bertz CT molecular complexity index is 698. The molecule has 1 aromatic carbocycles. The number of imide groups is 1. The molecule has 4 amide bonds. The number of benzene rings is 1. The topological polar surface area (TPSA) is 79.0 Å². The molecule has 1 N–H and O–H groups in total. The maximum atomic E-state index is 13.1. The SMILES string of the molecule is CCC1(c2ccccc2)NC(=O)N(CC(=O)N2CC(C)OC(C)C2)C1=O. The van der Waals surface area contributed by atoms with E-state index in [0.29, 0.717) is 19.5 Å². The number of rotatable bonds is 4. The van der Waals surface area contributed by atoms with Crippen molar-refractivity contribution in [2.45, 2.75) is 44.9 Å². The quantitative estimate of drug-likeness (QED) is 0.826. The van der Waals surface area contributed by atoms with E-state index in [1.54, 1.807) is 4.90 Å². The average Bonchev–Trinajstić information content (AvgIpc) is 2.86. The van der Waals surface area contributed by atoms with Crippen molar-refractivity contribution in [1.82, 2.24) is 15.1 Å². The van der Waals surface area contributed by atoms with E-state index in [1.165, 1.54) is 0 Å². The van der Waals surface area contributed by atoms with Gasteiger partial charge in [-0.2, -0.15) is 0 Å². The van der Waals surface area contributed by atoms with Gasteiger partial charge in [-0.15, -0.1) is 0 Å². The molecule has 0 spiro atoms. The van der Waals surface area contributed by atoms with Gasteiger partial charge < -0.3 is 15.0 Å². The van der Waals surface area contributed by atoms with Gasteiger partial charge in [0, 0.05) is 13.1 Å². The molecule has 0 aromatic heterocycles. The van der Waals surface area contributed by atoms with Gasteiger partial charge in [0.1, 0.15) is 12.1 Å². The number of hydrogen-bond donors (Lipinski definition) is 1. The maximum Gasteiger partial charge on any atom is 0.325 e. The van der Waals surface area contributed by atoms with Crippen LogP contribution in [0, 0.1) is 0 Å². The Morgan fingerprint density at radius 2 is 1.81 bits per heavy atom. The molecule has 2 aliphatic heterocycles. The summed E-state index contributed by atoms with van der Waals surface area (Å²) >= 11 is 0. The van der Waals surface area contributed by atoms with Crippen LogP contribution in [-0.4, -0.2) is 59.5 Å². The lowest BCUT2D eigenvalue weighted by Crippen LogP contribution is -2.52. The average molecular weight is 359 g/mol. The Labute approximate surface area is 153 Å². The first-order valence-electron chi connectivity index (χ1n) is 9.00. The van der Waals surface area contributed by atoms with Crippen molar-refractivity contribution >= 4 is 17.8 Å². The van der Waals surface area contributed by atoms with Gasteiger partial charge in [0.25, 0.3) is 5.91 Å². The van der Waals surface area contributed by atoms with Crippen molar-refractivity contribution in [1.29, 1.82) is 0 Å². The molecule has 1 aromatic rings. The molecule has 3 rings (SSSR count). The Kier molecular flexibility index (Phi) is 5.00. The highest BCUT2D eigenvalue weighted by Crippen LogP contribution is 2.32. The lowest BCUT2D eigenvalue weighted by Gasteiger charge is -2.35. The zero-order chi connectivity index (χ0) is 18.9. The van der Waals surface area contributed by atoms with E-state index in [1.807, 2.05) is 51.1 Å². The van der Waals surface area contributed by atoms with E-state index in [-0.39, 0.29) is 30.6 Å². The molecule has 7 nitrogen and oxygen atoms in total. The second kappa shape index (κ2) is 7.07. The normalized spacial score (nSPS) is 29.0. The minimum absolute atomic E-state index is 0.0649. The highest BCUT2D eigenvalue weighted by molar-refractivity contribution is 6.09. The van der Waals surface area contributed by atoms with Crippen LogP contribution in [0.1, 0.15) is 32.8 Å². The summed E-state index contributed by atoms with van der Waals surface area (Å²) in [6.45, 7) is 6.33. The molecule has 0 aliphatic carbocycles. The summed E-state index contributed by atoms with van der Waals surface area (Å²) in [7, 11) is 0. The molecule has 2 fully saturated rings. The number of urea groups is 1. The first kappa shape index (κ1) is 18.4. The van der Waals surface area contributed by atoms with Crippen molar-refractivity contribution < 1.29 is 19.1 Å². The van der Waals surface area contributed by atoms with Gasteiger partial charge in [-0.25, -0.2) is 4.79 Å². The third-order valence-electron chi connectivity index (χ3n) is 5.04. The molecule has 2 heterocycles. The molecule has 140 valence electrons. The van der Waals surface area contributed by atoms with Crippen molar-refractivity contribution in [3.63, 3.8) is 0 Å². The van der Waals surface area contributed by atoms with Gasteiger partial charge in [0.15, 0.2) is 0 Å². The molecule has 3 atom stereocenters. The smallest absolute Gasteiger partial charge is 0.325 e. The molecule has 2 aliphatic rings. The molecule has 0 saturated carbocycles. The van der Waals surface area contributed by atoms with Crippen LogP contribution < -0.4 is 5.32 Å². The van der Waals surface area contributed by atoms with Crippen LogP contribution in [0.15, 0.2) is 30.3 Å². The molecule has 0 radical (unpaired) electrons. The van der Waals surface area contributed by atoms with Crippen LogP contribution >= 0.6 is 0 Å². The summed E-state index contributed by atoms with van der Waals surface area (Å²) in [5.74, 6) is -0.616. The summed E-state index contributed by atoms with van der Waals surface area (Å²) < 4.78 is 5.63. The van der Waals surface area contributed by atoms with Crippen LogP contribution in [0.25, 0.3) is 0 Å². The molecule has 2 saturated heterocycles. The van der Waals surface area contributed by atoms with E-state index < -0.39 is 11.6 Å². The minimum atomic E-state index is -1.11. The summed E-state index contributed by atoms with van der Waals surface area (Å²) in [6, 6.07) is 8.63. The van der Waals surface area contributed by atoms with Crippen molar-refractivity contribution in [2.75, 3.05) is 19.6 Å². The molecular formula is C19H25N3O4. The van der Waals surface area contributed by atoms with Crippen molar-refractivity contribution in [2.24, 2.45) is 0 Å². The second-order valence-electron chi connectivity index (χ2n) is 7.00. The zero-order valence-electron chi connectivity index (χ0n) is 15.4. The second-order valence-corrected chi connectivity index (χ2v) is 7.00. The first-order valence-corrected chi connectivity index (χ1v) is 9.00. The minimum Gasteiger partial charge on any atom is -0.372 e. The fourth-order valence-electron chi connectivity index (χ4n) is 3.75. The lowest BCUT2D eigenvalue weighted by molar-refractivity contribution is -0.147. The van der Waals surface area contributed by atoms with E-state index in [9.17, 15) is 14.4 Å².